The van der Waals surface area contributed by atoms with Crippen LogP contribution >= 0.6 is 0 Å². The molecule has 0 spiro atoms. The predicted octanol–water partition coefficient (Wildman–Crippen LogP) is 4.53. The number of carbonyl (C=O) groups excluding carboxylic acids is 1. The minimum Gasteiger partial charge on any atom is -0.445 e. The Labute approximate surface area is 170 Å². The fourth-order valence-corrected chi connectivity index (χ4v) is 3.30. The van der Waals surface area contributed by atoms with Crippen LogP contribution in [0.3, 0.4) is 0 Å². The van der Waals surface area contributed by atoms with Crippen LogP contribution < -0.4 is 5.32 Å². The average Bonchev–Trinajstić information content (AvgIpc) is 2.74. The largest absolute Gasteiger partial charge is 0.445 e. The molecule has 1 saturated heterocycles. The molecule has 1 N–H and O–H groups in total. The molecule has 5 nitrogen and oxygen atoms in total. The zero-order chi connectivity index (χ0) is 19.9. The molecule has 156 valence electrons. The lowest BCUT2D eigenvalue weighted by Gasteiger charge is -2.31. The highest BCUT2D eigenvalue weighted by Gasteiger charge is 2.24. The summed E-state index contributed by atoms with van der Waals surface area (Å²) in [5.41, 5.74) is 1.02. The number of rotatable bonds is 13. The van der Waals surface area contributed by atoms with Crippen molar-refractivity contribution < 1.29 is 14.3 Å². The SMILES string of the molecule is C=CCCNCCCCCCOC1CCN(C(=O)OCc2ccccc2)CC1. The maximum atomic E-state index is 12.2. The Balaban J connectivity index is 1.45. The van der Waals surface area contributed by atoms with Gasteiger partial charge in [0.15, 0.2) is 0 Å². The van der Waals surface area contributed by atoms with Crippen molar-refractivity contribution >= 4 is 6.09 Å². The van der Waals surface area contributed by atoms with Crippen LogP contribution in [-0.2, 0) is 16.1 Å². The number of amides is 1. The molecule has 1 aliphatic rings. The molecule has 1 heterocycles. The molecule has 2 rings (SSSR count). The van der Waals surface area contributed by atoms with Gasteiger partial charge in [-0.1, -0.05) is 49.2 Å². The maximum Gasteiger partial charge on any atom is 0.410 e. The van der Waals surface area contributed by atoms with Crippen LogP contribution in [-0.4, -0.2) is 49.9 Å². The van der Waals surface area contributed by atoms with Crippen molar-refractivity contribution in [1.82, 2.24) is 10.2 Å². The topological polar surface area (TPSA) is 50.8 Å². The van der Waals surface area contributed by atoms with E-state index in [1.54, 1.807) is 4.90 Å². The highest BCUT2D eigenvalue weighted by Crippen LogP contribution is 2.16. The first-order valence-electron chi connectivity index (χ1n) is 10.7. The summed E-state index contributed by atoms with van der Waals surface area (Å²) in [5, 5.41) is 3.42. The van der Waals surface area contributed by atoms with E-state index in [4.69, 9.17) is 9.47 Å². The first-order valence-corrected chi connectivity index (χ1v) is 10.7. The minimum absolute atomic E-state index is 0.219. The van der Waals surface area contributed by atoms with E-state index in [2.05, 4.69) is 11.9 Å². The molecule has 0 saturated carbocycles. The number of carbonyl (C=O) groups is 1. The lowest BCUT2D eigenvalue weighted by atomic mass is 10.1. The van der Waals surface area contributed by atoms with Crippen molar-refractivity contribution in [1.29, 1.82) is 0 Å². The highest BCUT2D eigenvalue weighted by molar-refractivity contribution is 5.67. The zero-order valence-corrected chi connectivity index (χ0v) is 17.1. The fraction of sp³-hybridized carbons (Fsp3) is 0.609. The number of piperidine rings is 1. The van der Waals surface area contributed by atoms with E-state index in [0.29, 0.717) is 19.7 Å². The average molecular weight is 389 g/mol. The Hall–Kier alpha value is -1.85. The van der Waals surface area contributed by atoms with Crippen LogP contribution in [0.25, 0.3) is 0 Å². The van der Waals surface area contributed by atoms with E-state index < -0.39 is 0 Å². The number of hydrogen-bond acceptors (Lipinski definition) is 4. The van der Waals surface area contributed by atoms with Gasteiger partial charge < -0.3 is 19.7 Å². The number of nitrogens with one attached hydrogen (secondary N) is 1. The molecular formula is C23H36N2O3. The third-order valence-corrected chi connectivity index (χ3v) is 5.03. The Morgan fingerprint density at radius 2 is 1.86 bits per heavy atom. The summed E-state index contributed by atoms with van der Waals surface area (Å²) in [4.78, 5) is 14.0. The molecule has 0 bridgehead atoms. The molecule has 1 amide bonds. The molecule has 1 aromatic rings. The van der Waals surface area contributed by atoms with Crippen molar-refractivity contribution in [2.75, 3.05) is 32.8 Å². The summed E-state index contributed by atoms with van der Waals surface area (Å²) in [6.07, 6.45) is 9.64. The van der Waals surface area contributed by atoms with Gasteiger partial charge in [-0.2, -0.15) is 0 Å². The number of unbranched alkanes of at least 4 members (excludes halogenated alkanes) is 3. The second-order valence-corrected chi connectivity index (χ2v) is 7.34. The first-order chi connectivity index (χ1) is 13.8. The van der Waals surface area contributed by atoms with Gasteiger partial charge in [0, 0.05) is 19.7 Å². The molecule has 0 aliphatic carbocycles. The summed E-state index contributed by atoms with van der Waals surface area (Å²) in [6.45, 7) is 8.44. The summed E-state index contributed by atoms with van der Waals surface area (Å²) < 4.78 is 11.4. The normalized spacial score (nSPS) is 14.8. The summed E-state index contributed by atoms with van der Waals surface area (Å²) in [5.74, 6) is 0. The number of hydrogen-bond donors (Lipinski definition) is 1. The maximum absolute atomic E-state index is 12.2. The Bertz CT molecular complexity index is 542. The zero-order valence-electron chi connectivity index (χ0n) is 17.1. The summed E-state index contributed by atoms with van der Waals surface area (Å²) >= 11 is 0. The van der Waals surface area contributed by atoms with Gasteiger partial charge >= 0.3 is 6.09 Å². The van der Waals surface area contributed by atoms with Gasteiger partial charge in [0.2, 0.25) is 0 Å². The van der Waals surface area contributed by atoms with Gasteiger partial charge in [0.05, 0.1) is 6.10 Å². The molecule has 0 atom stereocenters. The number of nitrogens with zero attached hydrogens (tertiary/aromatic N) is 1. The van der Waals surface area contributed by atoms with Crippen LogP contribution in [0.4, 0.5) is 4.79 Å². The first kappa shape index (κ1) is 22.4. The Morgan fingerprint density at radius 1 is 1.11 bits per heavy atom. The second-order valence-electron chi connectivity index (χ2n) is 7.34. The van der Waals surface area contributed by atoms with Crippen molar-refractivity contribution in [3.8, 4) is 0 Å². The molecule has 28 heavy (non-hydrogen) atoms. The summed E-state index contributed by atoms with van der Waals surface area (Å²) in [6, 6.07) is 9.79. The van der Waals surface area contributed by atoms with Gasteiger partial charge in [-0.15, -0.1) is 6.58 Å². The lowest BCUT2D eigenvalue weighted by Crippen LogP contribution is -2.41. The standard InChI is InChI=1S/C23H36N2O3/c1-2-3-15-24-16-9-4-5-10-19-27-22-13-17-25(18-14-22)23(26)28-20-21-11-7-6-8-12-21/h2,6-8,11-12,22,24H,1,3-5,9-10,13-20H2. The predicted molar refractivity (Wildman–Crippen MR) is 113 cm³/mol. The van der Waals surface area contributed by atoms with Crippen molar-refractivity contribution in [2.45, 2.75) is 57.7 Å². The van der Waals surface area contributed by atoms with Crippen LogP contribution in [0.2, 0.25) is 0 Å². The quantitative estimate of drug-likeness (QED) is 0.398. The van der Waals surface area contributed by atoms with Gasteiger partial charge in [-0.05, 0) is 50.8 Å². The van der Waals surface area contributed by atoms with Crippen molar-refractivity contribution in [3.05, 3.63) is 48.6 Å². The molecule has 0 unspecified atom stereocenters. The monoisotopic (exact) mass is 388 g/mol. The van der Waals surface area contributed by atoms with Crippen LogP contribution in [0, 0.1) is 0 Å². The molecule has 0 aromatic heterocycles. The third kappa shape index (κ3) is 9.38. The van der Waals surface area contributed by atoms with Gasteiger partial charge in [0.25, 0.3) is 0 Å². The van der Waals surface area contributed by atoms with Crippen LogP contribution in [0.15, 0.2) is 43.0 Å². The number of ether oxygens (including phenoxy) is 2. The van der Waals surface area contributed by atoms with E-state index in [0.717, 1.165) is 50.9 Å². The number of likely N-dealkylation sites (tertiary alicyclic amines) is 1. The number of benzene rings is 1. The molecular weight excluding hydrogens is 352 g/mol. The van der Waals surface area contributed by atoms with E-state index >= 15 is 0 Å². The van der Waals surface area contributed by atoms with E-state index in [-0.39, 0.29) is 12.2 Å². The van der Waals surface area contributed by atoms with E-state index in [1.807, 2.05) is 36.4 Å². The molecule has 5 heteroatoms. The van der Waals surface area contributed by atoms with Crippen molar-refractivity contribution in [2.24, 2.45) is 0 Å². The smallest absolute Gasteiger partial charge is 0.410 e. The van der Waals surface area contributed by atoms with Crippen molar-refractivity contribution in [3.63, 3.8) is 0 Å². The van der Waals surface area contributed by atoms with E-state index in [1.165, 1.54) is 19.3 Å². The summed E-state index contributed by atoms with van der Waals surface area (Å²) in [7, 11) is 0. The molecule has 0 radical (unpaired) electrons. The lowest BCUT2D eigenvalue weighted by molar-refractivity contribution is 0.00348. The second kappa shape index (κ2) is 14.2. The minimum atomic E-state index is -0.219. The van der Waals surface area contributed by atoms with E-state index in [9.17, 15) is 4.79 Å². The van der Waals surface area contributed by atoms with Gasteiger partial charge in [-0.3, -0.25) is 0 Å². The molecule has 1 fully saturated rings. The Morgan fingerprint density at radius 3 is 2.61 bits per heavy atom. The Kier molecular flexibility index (Phi) is 11.4. The van der Waals surface area contributed by atoms with Crippen LogP contribution in [0.1, 0.15) is 50.5 Å². The van der Waals surface area contributed by atoms with Crippen LogP contribution in [0.5, 0.6) is 0 Å². The van der Waals surface area contributed by atoms with Gasteiger partial charge in [-0.25, -0.2) is 4.79 Å². The highest BCUT2D eigenvalue weighted by atomic mass is 16.6. The van der Waals surface area contributed by atoms with Gasteiger partial charge in [0.1, 0.15) is 6.61 Å². The third-order valence-electron chi connectivity index (χ3n) is 5.03. The molecule has 1 aliphatic heterocycles. The fourth-order valence-electron chi connectivity index (χ4n) is 3.30. The molecule has 1 aromatic carbocycles.